The minimum absolute atomic E-state index is 0.0358. The van der Waals surface area contributed by atoms with Crippen molar-refractivity contribution in [3.05, 3.63) is 59.7 Å². The standard InChI is InChI=1S/C27H28F2N8/c1-35-12-18-14-36(15-19(18)13-35)11-16-4-5-23(30-9-16)32-27-31-10-21(29)25(34-27)17-7-20(28)26-22(8-17)37-6-2-3-24(37)33-26/h4-5,7-10,18-19H,2-3,6,11-15H2,1H3,(H,30,31,32,34). The molecule has 8 nitrogen and oxygen atoms in total. The van der Waals surface area contributed by atoms with Crippen LogP contribution in [0.25, 0.3) is 22.3 Å². The van der Waals surface area contributed by atoms with E-state index in [0.717, 1.165) is 68.4 Å². The van der Waals surface area contributed by atoms with Crippen LogP contribution in [0.3, 0.4) is 0 Å². The summed E-state index contributed by atoms with van der Waals surface area (Å²) in [6.45, 7) is 6.31. The molecule has 3 aliphatic heterocycles. The van der Waals surface area contributed by atoms with Gasteiger partial charge in [-0.25, -0.2) is 28.7 Å². The predicted molar refractivity (Wildman–Crippen MR) is 136 cm³/mol. The first-order valence-electron chi connectivity index (χ1n) is 12.8. The molecule has 7 rings (SSSR count). The third-order valence-electron chi connectivity index (χ3n) is 7.90. The van der Waals surface area contributed by atoms with Crippen molar-refractivity contribution in [2.24, 2.45) is 11.8 Å². The lowest BCUT2D eigenvalue weighted by Gasteiger charge is -2.19. The second-order valence-corrected chi connectivity index (χ2v) is 10.6. The molecule has 2 saturated heterocycles. The molecular formula is C27H28F2N8. The van der Waals surface area contributed by atoms with E-state index in [2.05, 4.69) is 42.1 Å². The highest BCUT2D eigenvalue weighted by Gasteiger charge is 2.38. The monoisotopic (exact) mass is 502 g/mol. The Kier molecular flexibility index (Phi) is 5.40. The van der Waals surface area contributed by atoms with Gasteiger partial charge in [0, 0.05) is 57.4 Å². The topological polar surface area (TPSA) is 75.0 Å². The van der Waals surface area contributed by atoms with Crippen molar-refractivity contribution >= 4 is 22.8 Å². The number of halogens is 2. The molecule has 4 aromatic rings. The maximum absolute atomic E-state index is 14.9. The van der Waals surface area contributed by atoms with E-state index in [1.165, 1.54) is 19.2 Å². The second kappa shape index (κ2) is 8.81. The lowest BCUT2D eigenvalue weighted by atomic mass is 10.0. The number of aryl methyl sites for hydroxylation is 2. The van der Waals surface area contributed by atoms with E-state index in [0.29, 0.717) is 22.4 Å². The molecule has 1 aromatic carbocycles. The van der Waals surface area contributed by atoms with Gasteiger partial charge in [0.05, 0.1) is 11.7 Å². The van der Waals surface area contributed by atoms with Crippen molar-refractivity contribution in [3.8, 4) is 11.3 Å². The highest BCUT2D eigenvalue weighted by Crippen LogP contribution is 2.32. The number of nitrogens with one attached hydrogen (secondary N) is 1. The van der Waals surface area contributed by atoms with Gasteiger partial charge >= 0.3 is 0 Å². The lowest BCUT2D eigenvalue weighted by Crippen LogP contribution is -2.26. The SMILES string of the molecule is CN1CC2CN(Cc3ccc(Nc4ncc(F)c(-c5cc(F)c6nc7n(c6c5)CCC7)n4)nc3)CC2C1. The number of benzene rings is 1. The van der Waals surface area contributed by atoms with Crippen LogP contribution in [-0.2, 0) is 19.5 Å². The summed E-state index contributed by atoms with van der Waals surface area (Å²) >= 11 is 0. The number of anilines is 2. The molecule has 6 heterocycles. The molecule has 0 saturated carbocycles. The van der Waals surface area contributed by atoms with Crippen LogP contribution < -0.4 is 5.32 Å². The van der Waals surface area contributed by atoms with Gasteiger partial charge in [-0.1, -0.05) is 6.07 Å². The minimum atomic E-state index is -0.615. The average molecular weight is 503 g/mol. The number of hydrogen-bond acceptors (Lipinski definition) is 7. The molecule has 3 aliphatic rings. The Labute approximate surface area is 213 Å². The Bertz CT molecular complexity index is 1470. The third-order valence-corrected chi connectivity index (χ3v) is 7.90. The van der Waals surface area contributed by atoms with Crippen molar-refractivity contribution in [1.82, 2.24) is 34.3 Å². The van der Waals surface area contributed by atoms with Crippen molar-refractivity contribution in [2.75, 3.05) is 38.5 Å². The van der Waals surface area contributed by atoms with Gasteiger partial charge in [0.2, 0.25) is 5.95 Å². The van der Waals surface area contributed by atoms with Gasteiger partial charge in [0.15, 0.2) is 11.6 Å². The normalized spacial score (nSPS) is 21.6. The van der Waals surface area contributed by atoms with Gasteiger partial charge in [-0.3, -0.25) is 4.90 Å². The molecule has 2 atom stereocenters. The number of rotatable bonds is 5. The molecule has 0 amide bonds. The van der Waals surface area contributed by atoms with Gasteiger partial charge in [-0.05, 0) is 49.1 Å². The van der Waals surface area contributed by atoms with Gasteiger partial charge in [0.25, 0.3) is 0 Å². The molecule has 190 valence electrons. The zero-order chi connectivity index (χ0) is 25.1. The van der Waals surface area contributed by atoms with Crippen molar-refractivity contribution < 1.29 is 8.78 Å². The number of fused-ring (bicyclic) bond motifs is 4. The zero-order valence-corrected chi connectivity index (χ0v) is 20.7. The van der Waals surface area contributed by atoms with Crippen LogP contribution in [0.4, 0.5) is 20.5 Å². The molecule has 3 aromatic heterocycles. The molecule has 0 bridgehead atoms. The fraction of sp³-hybridized carbons (Fsp3) is 0.407. The Hall–Kier alpha value is -3.50. The molecule has 0 spiro atoms. The first-order chi connectivity index (χ1) is 18.0. The summed E-state index contributed by atoms with van der Waals surface area (Å²) in [5.41, 5.74) is 2.53. The average Bonchev–Trinajstić information content (AvgIpc) is 3.63. The van der Waals surface area contributed by atoms with Crippen molar-refractivity contribution in [2.45, 2.75) is 25.9 Å². The van der Waals surface area contributed by atoms with Crippen LogP contribution >= 0.6 is 0 Å². The quantitative estimate of drug-likeness (QED) is 0.444. The number of pyridine rings is 1. The lowest BCUT2D eigenvalue weighted by molar-refractivity contribution is 0.272. The Morgan fingerprint density at radius 1 is 0.973 bits per heavy atom. The van der Waals surface area contributed by atoms with E-state index in [1.807, 2.05) is 22.9 Å². The number of aromatic nitrogens is 5. The summed E-state index contributed by atoms with van der Waals surface area (Å²) in [6, 6.07) is 6.97. The summed E-state index contributed by atoms with van der Waals surface area (Å²) in [6.07, 6.45) is 4.75. The van der Waals surface area contributed by atoms with Crippen LogP contribution in [0.1, 0.15) is 17.8 Å². The Morgan fingerprint density at radius 2 is 1.81 bits per heavy atom. The van der Waals surface area contributed by atoms with E-state index in [-0.39, 0.29) is 11.6 Å². The maximum Gasteiger partial charge on any atom is 0.229 e. The predicted octanol–water partition coefficient (Wildman–Crippen LogP) is 3.85. The molecular weight excluding hydrogens is 474 g/mol. The molecule has 0 radical (unpaired) electrons. The van der Waals surface area contributed by atoms with Gasteiger partial charge in [-0.15, -0.1) is 0 Å². The van der Waals surface area contributed by atoms with Crippen LogP contribution in [0.2, 0.25) is 0 Å². The zero-order valence-electron chi connectivity index (χ0n) is 20.7. The van der Waals surface area contributed by atoms with Gasteiger partial charge in [-0.2, -0.15) is 0 Å². The van der Waals surface area contributed by atoms with Crippen molar-refractivity contribution in [3.63, 3.8) is 0 Å². The number of imidazole rings is 1. The van der Waals surface area contributed by atoms with Crippen LogP contribution in [-0.4, -0.2) is 67.5 Å². The van der Waals surface area contributed by atoms with E-state index in [1.54, 1.807) is 6.07 Å². The van der Waals surface area contributed by atoms with Crippen LogP contribution in [0, 0.1) is 23.5 Å². The smallest absolute Gasteiger partial charge is 0.229 e. The van der Waals surface area contributed by atoms with Gasteiger partial charge < -0.3 is 14.8 Å². The van der Waals surface area contributed by atoms with Crippen LogP contribution in [0.5, 0.6) is 0 Å². The molecule has 10 heteroatoms. The summed E-state index contributed by atoms with van der Waals surface area (Å²) < 4.78 is 31.6. The minimum Gasteiger partial charge on any atom is -0.328 e. The number of hydrogen-bond donors (Lipinski definition) is 1. The van der Waals surface area contributed by atoms with Crippen molar-refractivity contribution in [1.29, 1.82) is 0 Å². The van der Waals surface area contributed by atoms with E-state index < -0.39 is 11.6 Å². The molecule has 2 unspecified atom stereocenters. The summed E-state index contributed by atoms with van der Waals surface area (Å²) in [5, 5.41) is 3.06. The highest BCUT2D eigenvalue weighted by atomic mass is 19.1. The fourth-order valence-electron chi connectivity index (χ4n) is 6.25. The molecule has 1 N–H and O–H groups in total. The summed E-state index contributed by atoms with van der Waals surface area (Å²) in [5.74, 6) is 2.08. The maximum atomic E-state index is 14.9. The molecule has 0 aliphatic carbocycles. The Balaban J connectivity index is 1.08. The van der Waals surface area contributed by atoms with E-state index in [4.69, 9.17) is 0 Å². The van der Waals surface area contributed by atoms with Gasteiger partial charge in [0.1, 0.15) is 22.9 Å². The fourth-order valence-corrected chi connectivity index (χ4v) is 6.25. The molecule has 37 heavy (non-hydrogen) atoms. The number of likely N-dealkylation sites (tertiary alicyclic amines) is 2. The van der Waals surface area contributed by atoms with E-state index >= 15 is 0 Å². The van der Waals surface area contributed by atoms with Crippen LogP contribution in [0.15, 0.2) is 36.7 Å². The number of nitrogens with zero attached hydrogens (tertiary/aromatic N) is 7. The largest absolute Gasteiger partial charge is 0.328 e. The molecule has 2 fully saturated rings. The second-order valence-electron chi connectivity index (χ2n) is 10.6. The van der Waals surface area contributed by atoms with E-state index in [9.17, 15) is 8.78 Å². The first kappa shape index (κ1) is 22.7. The first-order valence-corrected chi connectivity index (χ1v) is 12.8. The third kappa shape index (κ3) is 4.14. The summed E-state index contributed by atoms with van der Waals surface area (Å²) in [7, 11) is 2.20. The highest BCUT2D eigenvalue weighted by molar-refractivity contribution is 5.83. The Morgan fingerprint density at radius 3 is 2.59 bits per heavy atom. The summed E-state index contributed by atoms with van der Waals surface area (Å²) in [4.78, 5) is 22.3.